The summed E-state index contributed by atoms with van der Waals surface area (Å²) in [6.45, 7) is 0.0477. The molecule has 114 valence electrons. The number of anilines is 1. The third-order valence-corrected chi connectivity index (χ3v) is 4.08. The van der Waals surface area contributed by atoms with Crippen molar-refractivity contribution in [3.63, 3.8) is 0 Å². The molecule has 0 fully saturated rings. The first kappa shape index (κ1) is 15.0. The largest absolute Gasteiger partial charge is 0.352 e. The van der Waals surface area contributed by atoms with Crippen LogP contribution in [0.1, 0.15) is 0 Å². The lowest BCUT2D eigenvalue weighted by Crippen LogP contribution is -2.37. The lowest BCUT2D eigenvalue weighted by atomic mass is 10.5. The Balaban J connectivity index is 2.29. The van der Waals surface area contributed by atoms with Crippen molar-refractivity contribution < 1.29 is 13.2 Å². The number of sulfonamides is 1. The maximum Gasteiger partial charge on any atom is 0.312 e. The van der Waals surface area contributed by atoms with Gasteiger partial charge in [0.05, 0.1) is 0 Å². The van der Waals surface area contributed by atoms with Crippen molar-refractivity contribution in [3.05, 3.63) is 24.4 Å². The molecule has 0 aliphatic rings. The van der Waals surface area contributed by atoms with Crippen LogP contribution in [0.3, 0.4) is 0 Å². The number of carbonyl (C=O) groups excluding carboxylic acids is 1. The number of aromatic nitrogens is 2. The monoisotopic (exact) mass is 313 g/mol. The second-order valence-corrected chi connectivity index (χ2v) is 5.71. The van der Waals surface area contributed by atoms with E-state index < -0.39 is 16.1 Å². The summed E-state index contributed by atoms with van der Waals surface area (Å²) in [7, 11) is -3.87. The van der Waals surface area contributed by atoms with Crippen molar-refractivity contribution in [1.29, 1.82) is 0 Å². The highest BCUT2D eigenvalue weighted by Gasteiger charge is 2.24. The fraction of sp³-hybridized carbons (Fsp3) is 0.200. The SMILES string of the molecule is NNc1nc2ccccn2c1S(=O)(=O)NCCNC(N)=O. The Morgan fingerprint density at radius 2 is 2.10 bits per heavy atom. The van der Waals surface area contributed by atoms with Crippen LogP contribution in [0.2, 0.25) is 0 Å². The van der Waals surface area contributed by atoms with Gasteiger partial charge in [-0.15, -0.1) is 0 Å². The van der Waals surface area contributed by atoms with Crippen LogP contribution in [-0.4, -0.2) is 36.9 Å². The van der Waals surface area contributed by atoms with E-state index >= 15 is 0 Å². The summed E-state index contributed by atoms with van der Waals surface area (Å²) in [6, 6.07) is 4.31. The topological polar surface area (TPSA) is 157 Å². The molecule has 2 rings (SSSR count). The summed E-state index contributed by atoms with van der Waals surface area (Å²) in [5.41, 5.74) is 7.58. The summed E-state index contributed by atoms with van der Waals surface area (Å²) in [5.74, 6) is 5.34. The van der Waals surface area contributed by atoms with Crippen molar-refractivity contribution in [2.45, 2.75) is 5.03 Å². The fourth-order valence-corrected chi connectivity index (χ4v) is 3.04. The molecule has 0 unspecified atom stereocenters. The molecule has 21 heavy (non-hydrogen) atoms. The van der Waals surface area contributed by atoms with Crippen LogP contribution in [-0.2, 0) is 10.0 Å². The minimum atomic E-state index is -3.87. The first-order valence-corrected chi connectivity index (χ1v) is 7.40. The van der Waals surface area contributed by atoms with E-state index in [9.17, 15) is 13.2 Å². The van der Waals surface area contributed by atoms with E-state index in [4.69, 9.17) is 11.6 Å². The van der Waals surface area contributed by atoms with Crippen molar-refractivity contribution >= 4 is 27.5 Å². The normalized spacial score (nSPS) is 11.5. The number of nitrogens with two attached hydrogens (primary N) is 2. The minimum absolute atomic E-state index is 0.0185. The van der Waals surface area contributed by atoms with E-state index in [-0.39, 0.29) is 23.9 Å². The molecule has 0 aliphatic heterocycles. The molecule has 2 aromatic rings. The average Bonchev–Trinajstić information content (AvgIpc) is 2.82. The van der Waals surface area contributed by atoms with Gasteiger partial charge in [-0.2, -0.15) is 0 Å². The number of carbonyl (C=O) groups is 1. The van der Waals surface area contributed by atoms with Gasteiger partial charge >= 0.3 is 6.03 Å². The first-order valence-electron chi connectivity index (χ1n) is 5.92. The van der Waals surface area contributed by atoms with Gasteiger partial charge in [0.2, 0.25) is 0 Å². The lowest BCUT2D eigenvalue weighted by molar-refractivity contribution is 0.249. The van der Waals surface area contributed by atoms with Gasteiger partial charge in [-0.05, 0) is 12.1 Å². The maximum absolute atomic E-state index is 12.3. The molecular weight excluding hydrogens is 298 g/mol. The van der Waals surface area contributed by atoms with E-state index in [1.165, 1.54) is 4.40 Å². The number of nitrogens with one attached hydrogen (secondary N) is 3. The molecule has 0 bridgehead atoms. The van der Waals surface area contributed by atoms with Gasteiger partial charge < -0.3 is 16.5 Å². The Bertz CT molecular complexity index is 755. The predicted octanol–water partition coefficient (Wildman–Crippen LogP) is -1.43. The number of nitrogens with zero attached hydrogens (tertiary/aromatic N) is 2. The number of hydrogen-bond donors (Lipinski definition) is 5. The van der Waals surface area contributed by atoms with E-state index in [2.05, 4.69) is 20.4 Å². The fourth-order valence-electron chi connectivity index (χ4n) is 1.76. The van der Waals surface area contributed by atoms with Gasteiger partial charge in [-0.1, -0.05) is 6.07 Å². The Hall–Kier alpha value is -2.37. The van der Waals surface area contributed by atoms with Gasteiger partial charge in [0.25, 0.3) is 10.0 Å². The molecule has 2 amide bonds. The number of urea groups is 1. The number of imidazole rings is 1. The number of hydrogen-bond acceptors (Lipinski definition) is 6. The van der Waals surface area contributed by atoms with Gasteiger partial charge in [-0.3, -0.25) is 4.40 Å². The van der Waals surface area contributed by atoms with E-state index in [1.54, 1.807) is 24.4 Å². The zero-order valence-electron chi connectivity index (χ0n) is 10.9. The third-order valence-electron chi connectivity index (χ3n) is 2.59. The van der Waals surface area contributed by atoms with Crippen LogP contribution >= 0.6 is 0 Å². The average molecular weight is 313 g/mol. The number of primary amides is 1. The quantitative estimate of drug-likeness (QED) is 0.250. The van der Waals surface area contributed by atoms with E-state index in [1.807, 2.05) is 0 Å². The van der Waals surface area contributed by atoms with Crippen molar-refractivity contribution in [2.75, 3.05) is 18.5 Å². The summed E-state index contributed by atoms with van der Waals surface area (Å²) in [5, 5.41) is 2.17. The summed E-state index contributed by atoms with van der Waals surface area (Å²) < 4.78 is 28.4. The second-order valence-electron chi connectivity index (χ2n) is 4.03. The molecule has 0 aliphatic carbocycles. The minimum Gasteiger partial charge on any atom is -0.352 e. The smallest absolute Gasteiger partial charge is 0.312 e. The highest BCUT2D eigenvalue weighted by Crippen LogP contribution is 2.21. The molecule has 0 saturated carbocycles. The lowest BCUT2D eigenvalue weighted by Gasteiger charge is -2.08. The maximum atomic E-state index is 12.3. The van der Waals surface area contributed by atoms with Gasteiger partial charge in [0, 0.05) is 19.3 Å². The molecule has 2 heterocycles. The Morgan fingerprint density at radius 1 is 1.33 bits per heavy atom. The highest BCUT2D eigenvalue weighted by atomic mass is 32.2. The molecule has 7 N–H and O–H groups in total. The zero-order valence-corrected chi connectivity index (χ0v) is 11.7. The van der Waals surface area contributed by atoms with E-state index in [0.717, 1.165) is 0 Å². The zero-order chi connectivity index (χ0) is 15.5. The second kappa shape index (κ2) is 5.95. The van der Waals surface area contributed by atoms with Gasteiger partial charge in [0.15, 0.2) is 10.8 Å². The molecule has 10 nitrogen and oxygen atoms in total. The van der Waals surface area contributed by atoms with Gasteiger partial charge in [0.1, 0.15) is 5.65 Å². The van der Waals surface area contributed by atoms with Crippen molar-refractivity contribution in [2.24, 2.45) is 11.6 Å². The summed E-state index contributed by atoms with van der Waals surface area (Å²) in [6.07, 6.45) is 1.55. The molecule has 0 spiro atoms. The van der Waals surface area contributed by atoms with Crippen LogP contribution < -0.4 is 27.0 Å². The number of rotatable bonds is 6. The summed E-state index contributed by atoms with van der Waals surface area (Å²) >= 11 is 0. The number of fused-ring (bicyclic) bond motifs is 1. The number of amides is 2. The van der Waals surface area contributed by atoms with E-state index in [0.29, 0.717) is 5.65 Å². The Labute approximate surface area is 120 Å². The first-order chi connectivity index (χ1) is 9.95. The van der Waals surface area contributed by atoms with Crippen LogP contribution in [0.5, 0.6) is 0 Å². The van der Waals surface area contributed by atoms with Crippen molar-refractivity contribution in [3.8, 4) is 0 Å². The number of nitrogen functional groups attached to an aromatic ring is 1. The molecule has 0 aromatic carbocycles. The molecule has 11 heteroatoms. The molecular formula is C10H15N7O3S. The van der Waals surface area contributed by atoms with Crippen molar-refractivity contribution in [1.82, 2.24) is 19.4 Å². The summed E-state index contributed by atoms with van der Waals surface area (Å²) in [4.78, 5) is 14.6. The Kier molecular flexibility index (Phi) is 4.26. The predicted molar refractivity (Wildman–Crippen MR) is 75.8 cm³/mol. The highest BCUT2D eigenvalue weighted by molar-refractivity contribution is 7.89. The van der Waals surface area contributed by atoms with Crippen LogP contribution in [0.25, 0.3) is 5.65 Å². The molecule has 0 atom stereocenters. The van der Waals surface area contributed by atoms with Crippen LogP contribution in [0.4, 0.5) is 10.6 Å². The number of hydrazine groups is 1. The molecule has 0 radical (unpaired) electrons. The Morgan fingerprint density at radius 3 is 2.76 bits per heavy atom. The van der Waals surface area contributed by atoms with Crippen LogP contribution in [0, 0.1) is 0 Å². The molecule has 0 saturated heterocycles. The number of pyridine rings is 1. The van der Waals surface area contributed by atoms with Gasteiger partial charge in [-0.25, -0.2) is 28.8 Å². The third kappa shape index (κ3) is 3.21. The van der Waals surface area contributed by atoms with Crippen LogP contribution in [0.15, 0.2) is 29.4 Å². The standard InChI is InChI=1S/C10H15N7O3S/c11-10(18)13-4-5-14-21(19,20)9-8(16-12)15-7-3-1-2-6-17(7)9/h1-3,6,14,16H,4-5,12H2,(H3,11,13,18). The molecule has 2 aromatic heterocycles.